The summed E-state index contributed by atoms with van der Waals surface area (Å²) in [5, 5.41) is 2.82. The molecule has 4 rings (SSSR count). The molecule has 0 fully saturated rings. The molecule has 2 aromatic carbocycles. The van der Waals surface area contributed by atoms with Crippen molar-refractivity contribution in [2.45, 2.75) is 39.7 Å². The third-order valence-electron chi connectivity index (χ3n) is 5.39. The van der Waals surface area contributed by atoms with Gasteiger partial charge in [-0.3, -0.25) is 4.79 Å². The Bertz CT molecular complexity index is 1040. The van der Waals surface area contributed by atoms with E-state index in [4.69, 9.17) is 9.47 Å². The van der Waals surface area contributed by atoms with Crippen molar-refractivity contribution < 1.29 is 14.3 Å². The first-order chi connectivity index (χ1) is 14.5. The summed E-state index contributed by atoms with van der Waals surface area (Å²) in [7, 11) is 1.66. The van der Waals surface area contributed by atoms with Crippen LogP contribution in [0.15, 0.2) is 41.8 Å². The number of hydrogen-bond donors (Lipinski definition) is 0. The fourth-order valence-electron chi connectivity index (χ4n) is 3.79. The largest absolute Gasteiger partial charge is 0.495 e. The van der Waals surface area contributed by atoms with Crippen molar-refractivity contribution in [3.63, 3.8) is 0 Å². The molecule has 0 aliphatic carbocycles. The van der Waals surface area contributed by atoms with E-state index in [1.807, 2.05) is 47.5 Å². The Morgan fingerprint density at radius 3 is 2.73 bits per heavy atom. The highest BCUT2D eigenvalue weighted by Gasteiger charge is 2.27. The van der Waals surface area contributed by atoms with Crippen molar-refractivity contribution in [2.75, 3.05) is 18.6 Å². The van der Waals surface area contributed by atoms with Crippen LogP contribution in [0.2, 0.25) is 0 Å². The van der Waals surface area contributed by atoms with E-state index in [0.717, 1.165) is 40.7 Å². The molecule has 156 valence electrons. The van der Waals surface area contributed by atoms with Gasteiger partial charge >= 0.3 is 0 Å². The molecule has 0 bridgehead atoms. The summed E-state index contributed by atoms with van der Waals surface area (Å²) in [6.45, 7) is 5.25. The van der Waals surface area contributed by atoms with Crippen molar-refractivity contribution >= 4 is 22.9 Å². The molecule has 3 aromatic rings. The van der Waals surface area contributed by atoms with Crippen LogP contribution in [0.1, 0.15) is 33.8 Å². The molecular formula is C24H26N2O3S. The van der Waals surface area contributed by atoms with Crippen molar-refractivity contribution in [2.24, 2.45) is 0 Å². The van der Waals surface area contributed by atoms with Crippen LogP contribution in [-0.2, 0) is 24.2 Å². The topological polar surface area (TPSA) is 51.7 Å². The molecule has 1 aliphatic rings. The second kappa shape index (κ2) is 8.88. The van der Waals surface area contributed by atoms with Crippen LogP contribution in [-0.4, -0.2) is 24.5 Å². The Hall–Kier alpha value is -2.86. The quantitative estimate of drug-likeness (QED) is 0.569. The van der Waals surface area contributed by atoms with Gasteiger partial charge < -0.3 is 14.4 Å². The number of carbonyl (C=O) groups is 1. The number of carbonyl (C=O) groups excluding carboxylic acids is 1. The Balaban J connectivity index is 1.44. The second-order valence-electron chi connectivity index (χ2n) is 7.57. The summed E-state index contributed by atoms with van der Waals surface area (Å²) < 4.78 is 11.4. The summed E-state index contributed by atoms with van der Waals surface area (Å²) in [4.78, 5) is 19.6. The first-order valence-electron chi connectivity index (χ1n) is 10.1. The average molecular weight is 423 g/mol. The molecule has 0 radical (unpaired) electrons. The van der Waals surface area contributed by atoms with E-state index in [-0.39, 0.29) is 12.3 Å². The van der Waals surface area contributed by atoms with Crippen LogP contribution < -0.4 is 14.4 Å². The maximum absolute atomic E-state index is 13.1. The molecule has 0 unspecified atom stereocenters. The number of anilines is 1. The fourth-order valence-corrected chi connectivity index (χ4v) is 4.50. The number of aryl methyl sites for hydroxylation is 2. The van der Waals surface area contributed by atoms with Gasteiger partial charge in [0.25, 0.3) is 0 Å². The molecular weight excluding hydrogens is 396 g/mol. The van der Waals surface area contributed by atoms with E-state index in [1.54, 1.807) is 7.11 Å². The number of thiazole rings is 1. The van der Waals surface area contributed by atoms with Crippen LogP contribution in [0.25, 0.3) is 0 Å². The van der Waals surface area contributed by atoms with Crippen molar-refractivity contribution in [1.82, 2.24) is 4.98 Å². The van der Waals surface area contributed by atoms with E-state index in [0.29, 0.717) is 13.2 Å². The maximum Gasteiger partial charge on any atom is 0.233 e. The van der Waals surface area contributed by atoms with E-state index in [9.17, 15) is 4.79 Å². The van der Waals surface area contributed by atoms with E-state index < -0.39 is 0 Å². The van der Waals surface area contributed by atoms with E-state index in [2.05, 4.69) is 18.0 Å². The molecule has 0 atom stereocenters. The van der Waals surface area contributed by atoms with Gasteiger partial charge in [0, 0.05) is 11.9 Å². The zero-order chi connectivity index (χ0) is 21.1. The van der Waals surface area contributed by atoms with Gasteiger partial charge in [-0.25, -0.2) is 4.98 Å². The molecule has 0 N–H and O–H groups in total. The number of benzene rings is 2. The van der Waals surface area contributed by atoms with Gasteiger partial charge in [0.15, 0.2) is 0 Å². The number of nitrogens with zero attached hydrogens (tertiary/aromatic N) is 2. The first-order valence-corrected chi connectivity index (χ1v) is 11.0. The van der Waals surface area contributed by atoms with Gasteiger partial charge in [-0.05, 0) is 56.0 Å². The number of aromatic nitrogens is 1. The first kappa shape index (κ1) is 20.4. The van der Waals surface area contributed by atoms with Gasteiger partial charge in [-0.2, -0.15) is 0 Å². The molecule has 0 saturated heterocycles. The van der Waals surface area contributed by atoms with Crippen molar-refractivity contribution in [1.29, 1.82) is 0 Å². The standard InChI is InChI=1S/C24H26N2O3S/c1-16-6-9-19(10-7-16)29-14-22-25-18(15-30-22)13-23(27)26-12-4-5-20-17(2)8-11-21(28-3)24(20)26/h6-11,15H,4-5,12-14H2,1-3H3. The number of fused-ring (bicyclic) bond motifs is 1. The number of methoxy groups -OCH3 is 1. The Morgan fingerprint density at radius 2 is 1.97 bits per heavy atom. The normalized spacial score (nSPS) is 13.1. The summed E-state index contributed by atoms with van der Waals surface area (Å²) in [6.07, 6.45) is 2.20. The molecule has 30 heavy (non-hydrogen) atoms. The average Bonchev–Trinajstić information content (AvgIpc) is 3.20. The highest BCUT2D eigenvalue weighted by atomic mass is 32.1. The molecule has 1 aliphatic heterocycles. The highest BCUT2D eigenvalue weighted by Crippen LogP contribution is 2.38. The molecule has 0 spiro atoms. The van der Waals surface area contributed by atoms with Gasteiger partial charge in [0.1, 0.15) is 23.1 Å². The maximum atomic E-state index is 13.1. The summed E-state index contributed by atoms with van der Waals surface area (Å²) in [5.41, 5.74) is 5.31. The molecule has 5 nitrogen and oxygen atoms in total. The van der Waals surface area contributed by atoms with Crippen molar-refractivity contribution in [3.8, 4) is 11.5 Å². The van der Waals surface area contributed by atoms with Crippen LogP contribution in [0.5, 0.6) is 11.5 Å². The lowest BCUT2D eigenvalue weighted by Gasteiger charge is -2.32. The lowest BCUT2D eigenvalue weighted by molar-refractivity contribution is -0.118. The van der Waals surface area contributed by atoms with Crippen molar-refractivity contribution in [3.05, 3.63) is 69.2 Å². The van der Waals surface area contributed by atoms with Gasteiger partial charge in [0.2, 0.25) is 5.91 Å². The third kappa shape index (κ3) is 4.33. The third-order valence-corrected chi connectivity index (χ3v) is 6.27. The predicted octanol–water partition coefficient (Wildman–Crippen LogP) is 4.87. The second-order valence-corrected chi connectivity index (χ2v) is 8.51. The zero-order valence-electron chi connectivity index (χ0n) is 17.6. The number of hydrogen-bond acceptors (Lipinski definition) is 5. The summed E-state index contributed by atoms with van der Waals surface area (Å²) in [6, 6.07) is 12.0. The minimum Gasteiger partial charge on any atom is -0.495 e. The number of ether oxygens (including phenoxy) is 2. The predicted molar refractivity (Wildman–Crippen MR) is 120 cm³/mol. The lowest BCUT2D eigenvalue weighted by atomic mass is 9.96. The van der Waals surface area contributed by atoms with Gasteiger partial charge in [-0.15, -0.1) is 11.3 Å². The Morgan fingerprint density at radius 1 is 1.17 bits per heavy atom. The van der Waals surface area contributed by atoms with E-state index >= 15 is 0 Å². The highest BCUT2D eigenvalue weighted by molar-refractivity contribution is 7.09. The SMILES string of the molecule is COc1ccc(C)c2c1N(C(=O)Cc1csc(COc3ccc(C)cc3)n1)CCC2. The minimum atomic E-state index is 0.0520. The van der Waals surface area contributed by atoms with Gasteiger partial charge in [-0.1, -0.05) is 23.8 Å². The smallest absolute Gasteiger partial charge is 0.233 e. The summed E-state index contributed by atoms with van der Waals surface area (Å²) in [5.74, 6) is 1.63. The molecule has 6 heteroatoms. The van der Waals surface area contributed by atoms with Crippen LogP contribution in [0.4, 0.5) is 5.69 Å². The minimum absolute atomic E-state index is 0.0520. The van der Waals surface area contributed by atoms with Gasteiger partial charge in [0.05, 0.1) is 24.9 Å². The number of amides is 1. The molecule has 1 amide bonds. The fraction of sp³-hybridized carbons (Fsp3) is 0.333. The Labute approximate surface area is 181 Å². The molecule has 1 aromatic heterocycles. The number of rotatable bonds is 6. The lowest BCUT2D eigenvalue weighted by Crippen LogP contribution is -2.37. The van der Waals surface area contributed by atoms with Crippen LogP contribution in [0, 0.1) is 13.8 Å². The summed E-state index contributed by atoms with van der Waals surface area (Å²) >= 11 is 1.52. The van der Waals surface area contributed by atoms with Crippen LogP contribution >= 0.6 is 11.3 Å². The Kier molecular flexibility index (Phi) is 6.04. The van der Waals surface area contributed by atoms with E-state index in [1.165, 1.54) is 28.0 Å². The monoisotopic (exact) mass is 422 g/mol. The molecule has 2 heterocycles. The van der Waals surface area contributed by atoms with Crippen LogP contribution in [0.3, 0.4) is 0 Å². The molecule has 0 saturated carbocycles. The zero-order valence-corrected chi connectivity index (χ0v) is 18.4.